The van der Waals surface area contributed by atoms with Crippen LogP contribution in [0.1, 0.15) is 49.4 Å². The number of nitrogens with zero attached hydrogens (tertiary/aromatic N) is 2. The van der Waals surface area contributed by atoms with Gasteiger partial charge < -0.3 is 20.4 Å². The number of anilines is 1. The number of hydrogen-bond donors (Lipinski definition) is 2. The number of piperidine rings is 1. The number of carbonyl (C=O) groups is 1. The van der Waals surface area contributed by atoms with Crippen molar-refractivity contribution in [3.05, 3.63) is 29.8 Å². The Labute approximate surface area is 163 Å². The van der Waals surface area contributed by atoms with Crippen molar-refractivity contribution in [3.8, 4) is 0 Å². The van der Waals surface area contributed by atoms with Crippen molar-refractivity contribution in [2.45, 2.75) is 45.1 Å². The minimum absolute atomic E-state index is 0.000322. The van der Waals surface area contributed by atoms with E-state index in [9.17, 15) is 4.79 Å². The van der Waals surface area contributed by atoms with E-state index >= 15 is 0 Å². The summed E-state index contributed by atoms with van der Waals surface area (Å²) in [6.07, 6.45) is 6.39. The first kappa shape index (κ1) is 20.6. The van der Waals surface area contributed by atoms with Crippen LogP contribution in [0.2, 0.25) is 0 Å². The van der Waals surface area contributed by atoms with E-state index in [0.717, 1.165) is 31.2 Å². The number of nitrogens with one attached hydrogen (secondary N) is 2. The molecular weight excluding hydrogens is 344 g/mol. The van der Waals surface area contributed by atoms with E-state index in [1.54, 1.807) is 19.0 Å². The third-order valence-corrected chi connectivity index (χ3v) is 5.17. The van der Waals surface area contributed by atoms with Crippen LogP contribution in [0.15, 0.2) is 24.3 Å². The molecule has 1 atom stereocenters. The fourth-order valence-corrected chi connectivity index (χ4v) is 3.65. The third kappa shape index (κ3) is 6.25. The summed E-state index contributed by atoms with van der Waals surface area (Å²) in [6, 6.07) is 8.15. The van der Waals surface area contributed by atoms with Crippen molar-refractivity contribution < 1.29 is 4.79 Å². The summed E-state index contributed by atoms with van der Waals surface area (Å²) in [4.78, 5) is 16.1. The molecule has 1 aliphatic heterocycles. The van der Waals surface area contributed by atoms with E-state index in [-0.39, 0.29) is 5.91 Å². The predicted octanol–water partition coefficient (Wildman–Crippen LogP) is 3.33. The number of rotatable bonds is 7. The molecule has 0 bridgehead atoms. The molecular formula is C20H32N4OS. The van der Waals surface area contributed by atoms with Crippen molar-refractivity contribution in [1.82, 2.24) is 15.1 Å². The Morgan fingerprint density at radius 2 is 2.00 bits per heavy atom. The normalized spacial score (nSPS) is 17.6. The number of thiocarbonyl (C=S) groups is 1. The van der Waals surface area contributed by atoms with E-state index in [1.165, 1.54) is 32.2 Å². The highest BCUT2D eigenvalue weighted by Crippen LogP contribution is 2.19. The predicted molar refractivity (Wildman–Crippen MR) is 113 cm³/mol. The molecule has 0 saturated carbocycles. The van der Waals surface area contributed by atoms with E-state index in [0.29, 0.717) is 10.7 Å². The van der Waals surface area contributed by atoms with Gasteiger partial charge in [0.15, 0.2) is 5.11 Å². The molecule has 1 saturated heterocycles. The van der Waals surface area contributed by atoms with Crippen LogP contribution in [-0.4, -0.2) is 60.6 Å². The number of amides is 1. The highest BCUT2D eigenvalue weighted by molar-refractivity contribution is 7.80. The second-order valence-electron chi connectivity index (χ2n) is 7.11. The van der Waals surface area contributed by atoms with Crippen molar-refractivity contribution >= 4 is 28.9 Å². The van der Waals surface area contributed by atoms with Gasteiger partial charge >= 0.3 is 0 Å². The lowest BCUT2D eigenvalue weighted by Gasteiger charge is -2.35. The smallest absolute Gasteiger partial charge is 0.253 e. The summed E-state index contributed by atoms with van der Waals surface area (Å²) in [6.45, 7) is 5.53. The maximum atomic E-state index is 11.9. The van der Waals surface area contributed by atoms with E-state index < -0.39 is 0 Å². The number of carbonyl (C=O) groups excluding carboxylic acids is 1. The average molecular weight is 377 g/mol. The first-order chi connectivity index (χ1) is 12.5. The Hall–Kier alpha value is -1.66. The highest BCUT2D eigenvalue weighted by atomic mass is 32.1. The van der Waals surface area contributed by atoms with E-state index in [2.05, 4.69) is 22.5 Å². The average Bonchev–Trinajstić information content (AvgIpc) is 2.65. The van der Waals surface area contributed by atoms with Gasteiger partial charge in [0.1, 0.15) is 0 Å². The van der Waals surface area contributed by atoms with Gasteiger partial charge in [-0.15, -0.1) is 0 Å². The molecule has 1 aliphatic rings. The Morgan fingerprint density at radius 1 is 1.27 bits per heavy atom. The van der Waals surface area contributed by atoms with Crippen molar-refractivity contribution in [2.75, 3.05) is 39.0 Å². The maximum absolute atomic E-state index is 11.9. The molecule has 144 valence electrons. The number of hydrogen-bond acceptors (Lipinski definition) is 3. The molecule has 1 heterocycles. The van der Waals surface area contributed by atoms with E-state index in [1.807, 2.05) is 24.3 Å². The van der Waals surface area contributed by atoms with Crippen LogP contribution < -0.4 is 10.6 Å². The molecule has 26 heavy (non-hydrogen) atoms. The largest absolute Gasteiger partial charge is 0.362 e. The number of likely N-dealkylation sites (tertiary alicyclic amines) is 1. The lowest BCUT2D eigenvalue weighted by atomic mass is 10.00. The van der Waals surface area contributed by atoms with Gasteiger partial charge in [-0.25, -0.2) is 0 Å². The topological polar surface area (TPSA) is 47.6 Å². The molecule has 1 aromatic carbocycles. The molecule has 6 heteroatoms. The maximum Gasteiger partial charge on any atom is 0.253 e. The number of benzene rings is 1. The molecule has 5 nitrogen and oxygen atoms in total. The molecule has 1 fully saturated rings. The molecule has 0 spiro atoms. The van der Waals surface area contributed by atoms with Crippen LogP contribution >= 0.6 is 12.2 Å². The first-order valence-electron chi connectivity index (χ1n) is 9.62. The summed E-state index contributed by atoms with van der Waals surface area (Å²) in [5.41, 5.74) is 1.56. The van der Waals surface area contributed by atoms with Gasteiger partial charge in [-0.2, -0.15) is 0 Å². The minimum Gasteiger partial charge on any atom is -0.362 e. The molecule has 1 amide bonds. The van der Waals surface area contributed by atoms with Gasteiger partial charge in [-0.1, -0.05) is 13.3 Å². The Balaban J connectivity index is 1.69. The minimum atomic E-state index is 0.000322. The van der Waals surface area contributed by atoms with Crippen LogP contribution in [0.3, 0.4) is 0 Å². The van der Waals surface area contributed by atoms with Gasteiger partial charge in [0.05, 0.1) is 0 Å². The van der Waals surface area contributed by atoms with Crippen LogP contribution in [0.5, 0.6) is 0 Å². The summed E-state index contributed by atoms with van der Waals surface area (Å²) in [5, 5.41) is 7.08. The molecule has 0 radical (unpaired) electrons. The molecule has 0 aliphatic carbocycles. The quantitative estimate of drug-likeness (QED) is 0.565. The molecule has 2 N–H and O–H groups in total. The standard InChI is InChI=1S/C20H32N4OS/c1-4-18-8-5-6-14-24(18)15-7-13-21-20(26)22-17-11-9-16(10-12-17)19(25)23(2)3/h9-12,18H,4-8,13-15H2,1-3H3,(H2,21,22,26). The monoisotopic (exact) mass is 376 g/mol. The van der Waals surface area contributed by atoms with Gasteiger partial charge in [-0.3, -0.25) is 4.79 Å². The van der Waals surface area contributed by atoms with Crippen LogP contribution in [0.4, 0.5) is 5.69 Å². The lowest BCUT2D eigenvalue weighted by molar-refractivity contribution is 0.0827. The van der Waals surface area contributed by atoms with Crippen molar-refractivity contribution in [3.63, 3.8) is 0 Å². The zero-order valence-corrected chi connectivity index (χ0v) is 17.1. The second kappa shape index (κ2) is 10.5. The third-order valence-electron chi connectivity index (χ3n) is 4.92. The molecule has 1 unspecified atom stereocenters. The zero-order chi connectivity index (χ0) is 18.9. The Bertz CT molecular complexity index is 588. The fourth-order valence-electron chi connectivity index (χ4n) is 3.43. The Kier molecular flexibility index (Phi) is 8.32. The lowest BCUT2D eigenvalue weighted by Crippen LogP contribution is -2.40. The van der Waals surface area contributed by atoms with Crippen LogP contribution in [-0.2, 0) is 0 Å². The molecule has 1 aromatic rings. The Morgan fingerprint density at radius 3 is 2.65 bits per heavy atom. The molecule has 2 rings (SSSR count). The highest BCUT2D eigenvalue weighted by Gasteiger charge is 2.19. The van der Waals surface area contributed by atoms with Crippen LogP contribution in [0, 0.1) is 0 Å². The summed E-state index contributed by atoms with van der Waals surface area (Å²) in [7, 11) is 3.50. The first-order valence-corrected chi connectivity index (χ1v) is 10.0. The van der Waals surface area contributed by atoms with Crippen LogP contribution in [0.25, 0.3) is 0 Å². The summed E-state index contributed by atoms with van der Waals surface area (Å²) in [5.74, 6) is 0.000322. The zero-order valence-electron chi connectivity index (χ0n) is 16.3. The van der Waals surface area contributed by atoms with Crippen molar-refractivity contribution in [1.29, 1.82) is 0 Å². The summed E-state index contributed by atoms with van der Waals surface area (Å²) < 4.78 is 0. The van der Waals surface area contributed by atoms with Gasteiger partial charge in [0.2, 0.25) is 0 Å². The second-order valence-corrected chi connectivity index (χ2v) is 7.51. The molecule has 0 aromatic heterocycles. The SMILES string of the molecule is CCC1CCCCN1CCCNC(=S)Nc1ccc(C(=O)N(C)C)cc1. The van der Waals surface area contributed by atoms with Gasteiger partial charge in [0.25, 0.3) is 5.91 Å². The van der Waals surface area contributed by atoms with E-state index in [4.69, 9.17) is 12.2 Å². The van der Waals surface area contributed by atoms with Gasteiger partial charge in [0, 0.05) is 44.5 Å². The van der Waals surface area contributed by atoms with Gasteiger partial charge in [-0.05, 0) is 68.7 Å². The summed E-state index contributed by atoms with van der Waals surface area (Å²) >= 11 is 5.37. The fraction of sp³-hybridized carbons (Fsp3) is 0.600. The van der Waals surface area contributed by atoms with Crippen molar-refractivity contribution in [2.24, 2.45) is 0 Å².